The summed E-state index contributed by atoms with van der Waals surface area (Å²) in [5, 5.41) is 1.33. The van der Waals surface area contributed by atoms with Crippen LogP contribution in [0, 0.1) is 0 Å². The summed E-state index contributed by atoms with van der Waals surface area (Å²) in [5.74, 6) is 6.46. The van der Waals surface area contributed by atoms with Crippen LogP contribution in [0.1, 0.15) is 5.56 Å². The molecule has 2 aromatic heterocycles. The normalized spacial score (nSPS) is 10.4. The molecule has 0 bridgehead atoms. The van der Waals surface area contributed by atoms with Crippen molar-refractivity contribution in [3.05, 3.63) is 70.8 Å². The largest absolute Gasteiger partial charge is 0.349 e. The molecule has 0 aliphatic carbocycles. The summed E-state index contributed by atoms with van der Waals surface area (Å²) in [7, 11) is 0. The van der Waals surface area contributed by atoms with E-state index in [-0.39, 0.29) is 5.95 Å². The van der Waals surface area contributed by atoms with Crippen LogP contribution in [-0.4, -0.2) is 19.9 Å². The number of rotatable bonds is 4. The van der Waals surface area contributed by atoms with Crippen molar-refractivity contribution in [1.29, 1.82) is 0 Å². The molecule has 0 radical (unpaired) electrons. The first-order chi connectivity index (χ1) is 10.7. The van der Waals surface area contributed by atoms with Crippen LogP contribution in [-0.2, 0) is 6.54 Å². The van der Waals surface area contributed by atoms with Gasteiger partial charge >= 0.3 is 5.69 Å². The van der Waals surface area contributed by atoms with E-state index >= 15 is 0 Å². The molecule has 3 aromatic rings. The number of H-pyrrole nitrogens is 1. The van der Waals surface area contributed by atoms with Crippen LogP contribution in [0.2, 0.25) is 0 Å². The molecule has 3 rings (SSSR count). The van der Waals surface area contributed by atoms with E-state index in [4.69, 9.17) is 5.84 Å². The number of pyridine rings is 1. The second-order valence-corrected chi connectivity index (χ2v) is 4.63. The quantitative estimate of drug-likeness (QED) is 0.552. The summed E-state index contributed by atoms with van der Waals surface area (Å²) < 4.78 is 0. The summed E-state index contributed by atoms with van der Waals surface area (Å²) in [5.41, 5.74) is 1.03. The number of hydrazine groups is 1. The van der Waals surface area contributed by atoms with Crippen molar-refractivity contribution in [1.82, 2.24) is 19.9 Å². The molecular formula is C15H14N6O. The van der Waals surface area contributed by atoms with E-state index < -0.39 is 5.69 Å². The van der Waals surface area contributed by atoms with Crippen LogP contribution in [0.4, 0.5) is 5.95 Å². The van der Waals surface area contributed by atoms with Gasteiger partial charge in [0.2, 0.25) is 5.95 Å². The maximum Gasteiger partial charge on any atom is 0.349 e. The third-order valence-corrected chi connectivity index (χ3v) is 3.00. The summed E-state index contributed by atoms with van der Waals surface area (Å²) in [6.07, 6.45) is 1.62. The lowest BCUT2D eigenvalue weighted by molar-refractivity contribution is 0.790. The minimum Gasteiger partial charge on any atom is -0.288 e. The first-order valence-corrected chi connectivity index (χ1v) is 6.68. The Kier molecular flexibility index (Phi) is 3.88. The predicted octanol–water partition coefficient (Wildman–Crippen LogP) is 1.11. The lowest BCUT2D eigenvalue weighted by atomic mass is 10.2. The van der Waals surface area contributed by atoms with Gasteiger partial charge in [-0.1, -0.05) is 36.4 Å². The number of hydrogen-bond acceptors (Lipinski definition) is 6. The fraction of sp³-hybridized carbons (Fsp3) is 0.0667. The van der Waals surface area contributed by atoms with Gasteiger partial charge in [-0.05, 0) is 17.7 Å². The zero-order valence-corrected chi connectivity index (χ0v) is 11.7. The monoisotopic (exact) mass is 294 g/mol. The van der Waals surface area contributed by atoms with Crippen LogP contribution in [0.25, 0.3) is 11.5 Å². The molecule has 7 heteroatoms. The number of nitrogens with zero attached hydrogens (tertiary/aromatic N) is 4. The Balaban J connectivity index is 1.91. The molecule has 110 valence electrons. The molecule has 3 N–H and O–H groups in total. The SMILES string of the molecule is NN(Cc1ccccc1)c1nc(-c2ccccn2)[nH]c(=O)n1. The van der Waals surface area contributed by atoms with E-state index in [1.165, 1.54) is 5.01 Å². The highest BCUT2D eigenvalue weighted by Gasteiger charge is 2.11. The van der Waals surface area contributed by atoms with E-state index in [1.54, 1.807) is 18.3 Å². The topological polar surface area (TPSA) is 101 Å². The van der Waals surface area contributed by atoms with Crippen molar-refractivity contribution >= 4 is 5.95 Å². The van der Waals surface area contributed by atoms with Crippen molar-refractivity contribution in [3.63, 3.8) is 0 Å². The third-order valence-electron chi connectivity index (χ3n) is 3.00. The van der Waals surface area contributed by atoms with Crippen LogP contribution in [0.3, 0.4) is 0 Å². The van der Waals surface area contributed by atoms with Crippen molar-refractivity contribution in [2.75, 3.05) is 5.01 Å². The maximum atomic E-state index is 11.7. The van der Waals surface area contributed by atoms with Gasteiger partial charge in [0.1, 0.15) is 5.69 Å². The summed E-state index contributed by atoms with van der Waals surface area (Å²) in [4.78, 5) is 26.5. The molecule has 0 saturated heterocycles. The molecule has 0 saturated carbocycles. The molecule has 0 unspecified atom stereocenters. The zero-order valence-electron chi connectivity index (χ0n) is 11.7. The molecule has 22 heavy (non-hydrogen) atoms. The molecule has 0 fully saturated rings. The van der Waals surface area contributed by atoms with E-state index in [0.29, 0.717) is 18.1 Å². The highest BCUT2D eigenvalue weighted by molar-refractivity contribution is 5.49. The van der Waals surface area contributed by atoms with Crippen LogP contribution >= 0.6 is 0 Å². The van der Waals surface area contributed by atoms with Gasteiger partial charge in [0.05, 0.1) is 6.54 Å². The van der Waals surface area contributed by atoms with Gasteiger partial charge in [0.25, 0.3) is 0 Å². The minimum atomic E-state index is -0.519. The first-order valence-electron chi connectivity index (χ1n) is 6.68. The van der Waals surface area contributed by atoms with Gasteiger partial charge in [0.15, 0.2) is 5.82 Å². The second-order valence-electron chi connectivity index (χ2n) is 4.63. The standard InChI is InChI=1S/C15H14N6O/c16-21(10-11-6-2-1-3-7-11)14-18-13(19-15(22)20-14)12-8-4-5-9-17-12/h1-9H,10,16H2,(H,18,19,20,22). The Morgan fingerprint density at radius 3 is 2.55 bits per heavy atom. The van der Waals surface area contributed by atoms with Crippen molar-refractivity contribution in [2.24, 2.45) is 5.84 Å². The Bertz CT molecular complexity index is 803. The van der Waals surface area contributed by atoms with E-state index in [1.807, 2.05) is 36.4 Å². The fourth-order valence-corrected chi connectivity index (χ4v) is 1.98. The Hall–Kier alpha value is -3.06. The van der Waals surface area contributed by atoms with Crippen LogP contribution < -0.4 is 16.5 Å². The average Bonchev–Trinajstić information content (AvgIpc) is 2.56. The van der Waals surface area contributed by atoms with Gasteiger partial charge in [0, 0.05) is 6.20 Å². The average molecular weight is 294 g/mol. The molecule has 0 amide bonds. The van der Waals surface area contributed by atoms with Gasteiger partial charge in [-0.15, -0.1) is 0 Å². The number of anilines is 1. The number of aromatic amines is 1. The van der Waals surface area contributed by atoms with Crippen LogP contribution in [0.5, 0.6) is 0 Å². The third kappa shape index (κ3) is 3.15. The Morgan fingerprint density at radius 1 is 1.05 bits per heavy atom. The maximum absolute atomic E-state index is 11.7. The van der Waals surface area contributed by atoms with Crippen LogP contribution in [0.15, 0.2) is 59.5 Å². The van der Waals surface area contributed by atoms with Gasteiger partial charge in [-0.2, -0.15) is 9.97 Å². The number of hydrogen-bond donors (Lipinski definition) is 2. The highest BCUT2D eigenvalue weighted by atomic mass is 16.1. The fourth-order valence-electron chi connectivity index (χ4n) is 1.98. The number of nitrogens with one attached hydrogen (secondary N) is 1. The highest BCUT2D eigenvalue weighted by Crippen LogP contribution is 2.12. The van der Waals surface area contributed by atoms with E-state index in [9.17, 15) is 4.79 Å². The lowest BCUT2D eigenvalue weighted by Crippen LogP contribution is -2.34. The second kappa shape index (κ2) is 6.15. The smallest absolute Gasteiger partial charge is 0.288 e. The molecule has 7 nitrogen and oxygen atoms in total. The van der Waals surface area contributed by atoms with Crippen molar-refractivity contribution in [3.8, 4) is 11.5 Å². The van der Waals surface area contributed by atoms with Gasteiger partial charge in [-0.25, -0.2) is 10.6 Å². The molecule has 1 aromatic carbocycles. The Morgan fingerprint density at radius 2 is 1.82 bits per heavy atom. The van der Waals surface area contributed by atoms with Gasteiger partial charge < -0.3 is 0 Å². The summed E-state index contributed by atoms with van der Waals surface area (Å²) in [6.45, 7) is 0.395. The van der Waals surface area contributed by atoms with Crippen molar-refractivity contribution in [2.45, 2.75) is 6.54 Å². The molecule has 2 heterocycles. The molecule has 0 aliphatic rings. The summed E-state index contributed by atoms with van der Waals surface area (Å²) >= 11 is 0. The molecular weight excluding hydrogens is 280 g/mol. The number of benzene rings is 1. The van der Waals surface area contributed by atoms with Gasteiger partial charge in [-0.3, -0.25) is 15.0 Å². The minimum absolute atomic E-state index is 0.147. The van der Waals surface area contributed by atoms with E-state index in [2.05, 4.69) is 19.9 Å². The number of aromatic nitrogens is 4. The number of nitrogens with two attached hydrogens (primary N) is 1. The predicted molar refractivity (Wildman–Crippen MR) is 82.7 cm³/mol. The zero-order chi connectivity index (χ0) is 15.4. The molecule has 0 spiro atoms. The Labute approximate surface area is 126 Å². The molecule has 0 atom stereocenters. The van der Waals surface area contributed by atoms with E-state index in [0.717, 1.165) is 5.56 Å². The first kappa shape index (κ1) is 13.9. The summed E-state index contributed by atoms with van der Waals surface area (Å²) in [6, 6.07) is 15.0. The lowest BCUT2D eigenvalue weighted by Gasteiger charge is -2.16. The van der Waals surface area contributed by atoms with Crippen molar-refractivity contribution < 1.29 is 0 Å². The molecule has 0 aliphatic heterocycles.